The fourth-order valence-corrected chi connectivity index (χ4v) is 8.44. The highest BCUT2D eigenvalue weighted by Gasteiger charge is 2.46. The van der Waals surface area contributed by atoms with Gasteiger partial charge in [0.2, 0.25) is 0 Å². The fourth-order valence-electron chi connectivity index (χ4n) is 8.44. The third-order valence-corrected chi connectivity index (χ3v) is 11.3. The second kappa shape index (κ2) is 15.7. The Morgan fingerprint density at radius 1 is 0.392 bits per heavy atom. The van der Waals surface area contributed by atoms with Crippen LogP contribution in [0.3, 0.4) is 0 Å². The number of hydrogen-bond acceptors (Lipinski definition) is 0. The minimum atomic E-state index is -0.451. The molecule has 0 amide bonds. The van der Waals surface area contributed by atoms with Crippen molar-refractivity contribution in [2.75, 3.05) is 0 Å². The number of benzene rings is 6. The summed E-state index contributed by atoms with van der Waals surface area (Å²) >= 11 is 0. The lowest BCUT2D eigenvalue weighted by Crippen LogP contribution is -2.29. The zero-order chi connectivity index (χ0) is 35.2. The molecule has 0 N–H and O–H groups in total. The molecule has 1 aliphatic rings. The summed E-state index contributed by atoms with van der Waals surface area (Å²) in [6, 6.07) is 51.7. The maximum Gasteiger partial charge on any atom is 0.0714 e. The molecule has 0 radical (unpaired) electrons. The Kier molecular flexibility index (Phi) is 10.7. The minimum Gasteiger partial charge on any atom is -0.0654 e. The molecule has 0 aromatic heterocycles. The van der Waals surface area contributed by atoms with Gasteiger partial charge < -0.3 is 0 Å². The molecular formula is C51H54. The molecule has 0 unspecified atom stereocenters. The summed E-state index contributed by atoms with van der Waals surface area (Å²) in [6.07, 6.45) is 12.7. The Labute approximate surface area is 307 Å². The van der Waals surface area contributed by atoms with Gasteiger partial charge in [-0.2, -0.15) is 0 Å². The van der Waals surface area contributed by atoms with Crippen LogP contribution in [0.2, 0.25) is 0 Å². The standard InChI is InChI=1S/C51H54/c1-5-7-9-11-15-39-23-27-41(28-24-39)43-17-13-19-45(35-43)51(49-33-37(3)21-31-47(49)48-32-22-38(4)34-50(48)51)46-20-14-18-44(36-46)42-29-25-40(26-30-42)16-12-10-8-6-2/h13-14,17-36H,5-12,15-16H2,1-4H3. The first-order chi connectivity index (χ1) is 25.0. The van der Waals surface area contributed by atoms with Crippen LogP contribution in [0, 0.1) is 13.8 Å². The van der Waals surface area contributed by atoms with E-state index in [0.29, 0.717) is 0 Å². The van der Waals surface area contributed by atoms with Gasteiger partial charge in [0.25, 0.3) is 0 Å². The Morgan fingerprint density at radius 2 is 0.824 bits per heavy atom. The molecule has 1 aliphatic carbocycles. The van der Waals surface area contributed by atoms with Crippen molar-refractivity contribution in [3.05, 3.63) is 178 Å². The quantitative estimate of drug-likeness (QED) is 0.101. The predicted octanol–water partition coefficient (Wildman–Crippen LogP) is 14.2. The first-order valence-corrected chi connectivity index (χ1v) is 19.6. The molecule has 0 spiro atoms. The van der Waals surface area contributed by atoms with Gasteiger partial charge in [0, 0.05) is 0 Å². The molecule has 0 atom stereocenters. The van der Waals surface area contributed by atoms with E-state index in [9.17, 15) is 0 Å². The minimum absolute atomic E-state index is 0.451. The van der Waals surface area contributed by atoms with Crippen molar-refractivity contribution in [3.8, 4) is 33.4 Å². The molecule has 0 bridgehead atoms. The number of hydrogen-bond donors (Lipinski definition) is 0. The van der Waals surface area contributed by atoms with Crippen LogP contribution in [0.4, 0.5) is 0 Å². The third-order valence-electron chi connectivity index (χ3n) is 11.3. The van der Waals surface area contributed by atoms with E-state index in [1.807, 2.05) is 0 Å². The van der Waals surface area contributed by atoms with Crippen LogP contribution in [-0.4, -0.2) is 0 Å². The summed E-state index contributed by atoms with van der Waals surface area (Å²) in [5.74, 6) is 0. The molecule has 0 aliphatic heterocycles. The average Bonchev–Trinajstić information content (AvgIpc) is 3.45. The van der Waals surface area contributed by atoms with Gasteiger partial charge in [-0.05, 0) is 118 Å². The van der Waals surface area contributed by atoms with Crippen molar-refractivity contribution in [1.29, 1.82) is 0 Å². The fraction of sp³-hybridized carbons (Fsp3) is 0.294. The van der Waals surface area contributed by atoms with Gasteiger partial charge in [0.15, 0.2) is 0 Å². The third kappa shape index (κ3) is 7.12. The number of unbranched alkanes of at least 4 members (excludes halogenated alkanes) is 6. The van der Waals surface area contributed by atoms with Crippen LogP contribution in [-0.2, 0) is 18.3 Å². The van der Waals surface area contributed by atoms with Gasteiger partial charge in [-0.3, -0.25) is 0 Å². The van der Waals surface area contributed by atoms with Crippen LogP contribution >= 0.6 is 0 Å². The maximum atomic E-state index is 2.47. The zero-order valence-corrected chi connectivity index (χ0v) is 31.3. The van der Waals surface area contributed by atoms with E-state index in [2.05, 4.69) is 161 Å². The molecule has 0 heteroatoms. The molecule has 6 aromatic carbocycles. The summed E-state index contributed by atoms with van der Waals surface area (Å²) in [7, 11) is 0. The first-order valence-electron chi connectivity index (χ1n) is 19.6. The summed E-state index contributed by atoms with van der Waals surface area (Å²) in [5, 5.41) is 0. The van der Waals surface area contributed by atoms with E-state index in [4.69, 9.17) is 0 Å². The molecule has 51 heavy (non-hydrogen) atoms. The summed E-state index contributed by atoms with van der Waals surface area (Å²) in [5.41, 5.74) is 18.2. The molecule has 0 saturated heterocycles. The summed E-state index contributed by atoms with van der Waals surface area (Å²) in [6.45, 7) is 9.03. The Morgan fingerprint density at radius 3 is 1.24 bits per heavy atom. The lowest BCUT2D eigenvalue weighted by molar-refractivity contribution is 0.667. The molecule has 0 heterocycles. The Bertz CT molecular complexity index is 1920. The molecule has 0 nitrogen and oxygen atoms in total. The molecule has 258 valence electrons. The lowest BCUT2D eigenvalue weighted by Gasteiger charge is -2.35. The highest BCUT2D eigenvalue weighted by atomic mass is 14.5. The average molecular weight is 667 g/mol. The molecule has 0 fully saturated rings. The molecule has 0 saturated carbocycles. The number of aryl methyl sites for hydroxylation is 4. The first kappa shape index (κ1) is 34.8. The van der Waals surface area contributed by atoms with Gasteiger partial charge in [-0.25, -0.2) is 0 Å². The summed E-state index contributed by atoms with van der Waals surface area (Å²) in [4.78, 5) is 0. The Hall–Kier alpha value is -4.68. The van der Waals surface area contributed by atoms with E-state index >= 15 is 0 Å². The summed E-state index contributed by atoms with van der Waals surface area (Å²) < 4.78 is 0. The highest BCUT2D eigenvalue weighted by molar-refractivity contribution is 5.88. The lowest BCUT2D eigenvalue weighted by atomic mass is 9.66. The van der Waals surface area contributed by atoms with E-state index in [0.717, 1.165) is 12.8 Å². The largest absolute Gasteiger partial charge is 0.0714 e. The van der Waals surface area contributed by atoms with Crippen molar-refractivity contribution >= 4 is 0 Å². The van der Waals surface area contributed by atoms with Crippen LogP contribution in [0.15, 0.2) is 133 Å². The topological polar surface area (TPSA) is 0 Å². The maximum absolute atomic E-state index is 2.47. The van der Waals surface area contributed by atoms with Gasteiger partial charge in [-0.15, -0.1) is 0 Å². The predicted molar refractivity (Wildman–Crippen MR) is 220 cm³/mol. The van der Waals surface area contributed by atoms with E-state index in [-0.39, 0.29) is 0 Å². The molecule has 6 aromatic rings. The zero-order valence-electron chi connectivity index (χ0n) is 31.3. The van der Waals surface area contributed by atoms with Crippen LogP contribution in [0.1, 0.15) is 110 Å². The van der Waals surface area contributed by atoms with Crippen molar-refractivity contribution in [2.24, 2.45) is 0 Å². The second-order valence-corrected chi connectivity index (χ2v) is 15.0. The van der Waals surface area contributed by atoms with E-state index in [1.54, 1.807) is 0 Å². The van der Waals surface area contributed by atoms with Crippen molar-refractivity contribution < 1.29 is 0 Å². The van der Waals surface area contributed by atoms with Gasteiger partial charge >= 0.3 is 0 Å². The van der Waals surface area contributed by atoms with Crippen molar-refractivity contribution in [1.82, 2.24) is 0 Å². The number of fused-ring (bicyclic) bond motifs is 3. The monoisotopic (exact) mass is 666 g/mol. The molecule has 7 rings (SSSR count). The van der Waals surface area contributed by atoms with Gasteiger partial charge in [0.1, 0.15) is 0 Å². The van der Waals surface area contributed by atoms with Crippen LogP contribution < -0.4 is 0 Å². The van der Waals surface area contributed by atoms with E-state index < -0.39 is 5.41 Å². The van der Waals surface area contributed by atoms with Crippen molar-refractivity contribution in [3.63, 3.8) is 0 Å². The normalized spacial score (nSPS) is 12.9. The van der Waals surface area contributed by atoms with E-state index in [1.165, 1.54) is 129 Å². The highest BCUT2D eigenvalue weighted by Crippen LogP contribution is 2.57. The van der Waals surface area contributed by atoms with Gasteiger partial charge in [0.05, 0.1) is 5.41 Å². The Balaban J connectivity index is 1.34. The van der Waals surface area contributed by atoms with Gasteiger partial charge in [-0.1, -0.05) is 185 Å². The second-order valence-electron chi connectivity index (χ2n) is 15.0. The SMILES string of the molecule is CCCCCCc1ccc(-c2cccc(C3(c4cccc(-c5ccc(CCCCCC)cc5)c4)c4cc(C)ccc4-c4ccc(C)cc43)c2)cc1. The van der Waals surface area contributed by atoms with Crippen molar-refractivity contribution in [2.45, 2.75) is 97.3 Å². The molecular weight excluding hydrogens is 613 g/mol. The smallest absolute Gasteiger partial charge is 0.0654 e. The van der Waals surface area contributed by atoms with Crippen LogP contribution in [0.5, 0.6) is 0 Å². The number of rotatable bonds is 14. The van der Waals surface area contributed by atoms with Crippen LogP contribution in [0.25, 0.3) is 33.4 Å².